The Hall–Kier alpha value is -2.72. The number of rotatable bonds is 6. The number of carbonyl (C=O) groups is 1. The molecule has 0 saturated carbocycles. The molecule has 3 aromatic rings. The molecule has 2 aromatic heterocycles. The number of sulfone groups is 1. The number of aromatic nitrogens is 2. The molecule has 1 aromatic carbocycles. The van der Waals surface area contributed by atoms with E-state index in [0.29, 0.717) is 28.7 Å². The van der Waals surface area contributed by atoms with Crippen LogP contribution in [0.15, 0.2) is 69.5 Å². The van der Waals surface area contributed by atoms with Crippen LogP contribution in [0.25, 0.3) is 10.9 Å². The van der Waals surface area contributed by atoms with Gasteiger partial charge in [0.2, 0.25) is 5.91 Å². The maximum atomic E-state index is 14.4. The van der Waals surface area contributed by atoms with Gasteiger partial charge in [-0.05, 0) is 25.5 Å². The summed E-state index contributed by atoms with van der Waals surface area (Å²) in [5.74, 6) is -1.17. The Morgan fingerprint density at radius 2 is 2.16 bits per heavy atom. The molecule has 0 saturated heterocycles. The zero-order valence-electron chi connectivity index (χ0n) is 16.5. The first-order chi connectivity index (χ1) is 14.7. The molecule has 7 nitrogen and oxygen atoms in total. The van der Waals surface area contributed by atoms with Crippen LogP contribution < -0.4 is 5.32 Å². The summed E-state index contributed by atoms with van der Waals surface area (Å²) in [6.07, 6.45) is 5.40. The average Bonchev–Trinajstić information content (AvgIpc) is 3.27. The predicted octanol–water partition coefficient (Wildman–Crippen LogP) is 4.30. The molecular weight excluding hydrogens is 489 g/mol. The number of hydrogen-bond acceptors (Lipinski definition) is 5. The van der Waals surface area contributed by atoms with Gasteiger partial charge < -0.3 is 14.4 Å². The number of para-hydroxylation sites is 1. The van der Waals surface area contributed by atoms with E-state index in [1.165, 1.54) is 18.3 Å². The summed E-state index contributed by atoms with van der Waals surface area (Å²) in [6, 6.07) is 8.44. The molecule has 162 valence electrons. The summed E-state index contributed by atoms with van der Waals surface area (Å²) < 4.78 is 47.0. The van der Waals surface area contributed by atoms with Crippen LogP contribution in [0, 0.1) is 6.92 Å². The number of nitrogens with zero attached hydrogens (tertiary/aromatic N) is 2. The third kappa shape index (κ3) is 4.64. The Morgan fingerprint density at radius 1 is 1.39 bits per heavy atom. The molecule has 10 heteroatoms. The van der Waals surface area contributed by atoms with Gasteiger partial charge in [-0.25, -0.2) is 12.8 Å². The van der Waals surface area contributed by atoms with Crippen LogP contribution in [0.3, 0.4) is 0 Å². The molecule has 1 amide bonds. The summed E-state index contributed by atoms with van der Waals surface area (Å²) in [4.78, 5) is 12.3. The second kappa shape index (κ2) is 8.43. The molecule has 1 N–H and O–H groups in total. The molecule has 1 atom stereocenters. The lowest BCUT2D eigenvalue weighted by Crippen LogP contribution is -2.23. The second-order valence-electron chi connectivity index (χ2n) is 7.26. The summed E-state index contributed by atoms with van der Waals surface area (Å²) in [7, 11) is -3.97. The van der Waals surface area contributed by atoms with Crippen LogP contribution >= 0.6 is 15.9 Å². The van der Waals surface area contributed by atoms with Crippen molar-refractivity contribution in [3.05, 3.63) is 65.8 Å². The first-order valence-electron chi connectivity index (χ1n) is 9.47. The van der Waals surface area contributed by atoms with Crippen molar-refractivity contribution < 1.29 is 22.1 Å². The van der Waals surface area contributed by atoms with Gasteiger partial charge in [0.25, 0.3) is 0 Å². The van der Waals surface area contributed by atoms with Crippen LogP contribution in [0.2, 0.25) is 0 Å². The number of alkyl halides is 1. The van der Waals surface area contributed by atoms with Crippen molar-refractivity contribution in [2.45, 2.75) is 29.6 Å². The standard InChI is InChI=1S/C21H19BrFN3O4S/c1-13-8-20(25-30-13)24-21(27)12-31(28,29)19-11-26(18-5-3-2-4-16(18)19)10-14-6-7-15(22)9-17(14)23/h2-6,8-9,11,15H,7,10,12H2,1H3,(H,24,25,27). The number of allylic oxidation sites excluding steroid dienone is 4. The number of fused-ring (bicyclic) bond motifs is 1. The van der Waals surface area contributed by atoms with E-state index in [-0.39, 0.29) is 27.9 Å². The smallest absolute Gasteiger partial charge is 0.241 e. The average molecular weight is 508 g/mol. The first kappa shape index (κ1) is 21.5. The van der Waals surface area contributed by atoms with Gasteiger partial charge in [0.1, 0.15) is 17.3 Å². The number of carbonyl (C=O) groups excluding carboxylic acids is 1. The highest BCUT2D eigenvalue weighted by Crippen LogP contribution is 2.30. The van der Waals surface area contributed by atoms with E-state index in [1.807, 2.05) is 0 Å². The Morgan fingerprint density at radius 3 is 2.87 bits per heavy atom. The summed E-state index contributed by atoms with van der Waals surface area (Å²) in [5.41, 5.74) is 1.13. The summed E-state index contributed by atoms with van der Waals surface area (Å²) in [6.45, 7) is 1.84. The van der Waals surface area contributed by atoms with E-state index in [9.17, 15) is 17.6 Å². The molecule has 0 fully saturated rings. The Labute approximate surface area is 186 Å². The predicted molar refractivity (Wildman–Crippen MR) is 118 cm³/mol. The number of nitrogens with one attached hydrogen (secondary N) is 1. The zero-order valence-corrected chi connectivity index (χ0v) is 18.9. The minimum absolute atomic E-state index is 0.0220. The van der Waals surface area contributed by atoms with E-state index in [1.54, 1.807) is 41.8 Å². The monoisotopic (exact) mass is 507 g/mol. The highest BCUT2D eigenvalue weighted by atomic mass is 79.9. The largest absolute Gasteiger partial charge is 0.360 e. The zero-order chi connectivity index (χ0) is 22.2. The molecule has 0 radical (unpaired) electrons. The molecular formula is C21H19BrFN3O4S. The number of anilines is 1. The normalized spacial score (nSPS) is 16.8. The van der Waals surface area contributed by atoms with E-state index in [0.717, 1.165) is 0 Å². The summed E-state index contributed by atoms with van der Waals surface area (Å²) >= 11 is 3.36. The van der Waals surface area contributed by atoms with Gasteiger partial charge in [0.15, 0.2) is 15.7 Å². The highest BCUT2D eigenvalue weighted by Gasteiger charge is 2.25. The maximum Gasteiger partial charge on any atom is 0.241 e. The van der Waals surface area contributed by atoms with E-state index in [4.69, 9.17) is 4.52 Å². The molecule has 0 aliphatic heterocycles. The Balaban J connectivity index is 1.63. The Bertz CT molecular complexity index is 1320. The molecule has 0 bridgehead atoms. The van der Waals surface area contributed by atoms with Crippen LogP contribution in [-0.4, -0.2) is 34.6 Å². The van der Waals surface area contributed by atoms with E-state index < -0.39 is 21.5 Å². The van der Waals surface area contributed by atoms with Gasteiger partial charge in [-0.3, -0.25) is 4.79 Å². The van der Waals surface area contributed by atoms with Crippen LogP contribution in [-0.2, 0) is 21.2 Å². The third-order valence-electron chi connectivity index (χ3n) is 4.87. The molecule has 2 heterocycles. The van der Waals surface area contributed by atoms with Crippen molar-refractivity contribution in [3.8, 4) is 0 Å². The number of hydrogen-bond donors (Lipinski definition) is 1. The minimum Gasteiger partial charge on any atom is -0.360 e. The number of aryl methyl sites for hydroxylation is 1. The van der Waals surface area contributed by atoms with Crippen molar-refractivity contribution in [1.82, 2.24) is 9.72 Å². The van der Waals surface area contributed by atoms with E-state index in [2.05, 4.69) is 26.4 Å². The number of amides is 1. The van der Waals surface area contributed by atoms with Crippen molar-refractivity contribution in [1.29, 1.82) is 0 Å². The van der Waals surface area contributed by atoms with Crippen molar-refractivity contribution in [2.75, 3.05) is 11.1 Å². The quantitative estimate of drug-likeness (QED) is 0.502. The molecule has 1 unspecified atom stereocenters. The van der Waals surface area contributed by atoms with Crippen LogP contribution in [0.4, 0.5) is 10.2 Å². The van der Waals surface area contributed by atoms with Gasteiger partial charge in [-0.15, -0.1) is 0 Å². The topological polar surface area (TPSA) is 94.2 Å². The lowest BCUT2D eigenvalue weighted by Gasteiger charge is -2.14. The number of halogens is 2. The third-order valence-corrected chi connectivity index (χ3v) is 7.14. The van der Waals surface area contributed by atoms with Gasteiger partial charge in [-0.1, -0.05) is 45.4 Å². The van der Waals surface area contributed by atoms with Gasteiger partial charge in [-0.2, -0.15) is 0 Å². The number of benzene rings is 1. The van der Waals surface area contributed by atoms with Crippen LogP contribution in [0.1, 0.15) is 12.2 Å². The van der Waals surface area contributed by atoms with E-state index >= 15 is 0 Å². The van der Waals surface area contributed by atoms with Crippen LogP contribution in [0.5, 0.6) is 0 Å². The van der Waals surface area contributed by atoms with Gasteiger partial charge in [0, 0.05) is 33.6 Å². The van der Waals surface area contributed by atoms with Crippen molar-refractivity contribution >= 4 is 48.4 Å². The fraction of sp³-hybridized carbons (Fsp3) is 0.238. The Kier molecular flexibility index (Phi) is 5.85. The fourth-order valence-corrected chi connectivity index (χ4v) is 5.24. The first-order valence-corrected chi connectivity index (χ1v) is 12.0. The highest BCUT2D eigenvalue weighted by molar-refractivity contribution is 9.09. The molecule has 31 heavy (non-hydrogen) atoms. The van der Waals surface area contributed by atoms with Gasteiger partial charge in [0.05, 0.1) is 11.4 Å². The van der Waals surface area contributed by atoms with Crippen molar-refractivity contribution in [2.24, 2.45) is 0 Å². The molecule has 4 rings (SSSR count). The SMILES string of the molecule is Cc1cc(NC(=O)CS(=O)(=O)c2cn(CC3=CCC(Br)C=C3F)c3ccccc23)no1. The van der Waals surface area contributed by atoms with Crippen molar-refractivity contribution in [3.63, 3.8) is 0 Å². The minimum atomic E-state index is -3.97. The second-order valence-corrected chi connectivity index (χ2v) is 10.4. The molecule has 1 aliphatic rings. The summed E-state index contributed by atoms with van der Waals surface area (Å²) in [5, 5.41) is 6.53. The maximum absolute atomic E-state index is 14.4. The lowest BCUT2D eigenvalue weighted by atomic mass is 10.1. The van der Waals surface area contributed by atoms with Gasteiger partial charge >= 0.3 is 0 Å². The molecule has 1 aliphatic carbocycles. The molecule has 0 spiro atoms. The lowest BCUT2D eigenvalue weighted by molar-refractivity contribution is -0.113. The fourth-order valence-electron chi connectivity index (χ4n) is 3.46.